The zero-order chi connectivity index (χ0) is 14.7. The highest BCUT2D eigenvalue weighted by molar-refractivity contribution is 9.10. The van der Waals surface area contributed by atoms with Crippen LogP contribution in [0.4, 0.5) is 17.5 Å². The van der Waals surface area contributed by atoms with Gasteiger partial charge in [-0.1, -0.05) is 5.92 Å². The van der Waals surface area contributed by atoms with Gasteiger partial charge in [0.2, 0.25) is 5.95 Å². The molecule has 3 N–H and O–H groups in total. The minimum Gasteiger partial charge on any atom is -0.358 e. The number of nitrogens with zero attached hydrogens (tertiary/aromatic N) is 3. The smallest absolute Gasteiger partial charge is 0.229 e. The number of anilines is 3. The van der Waals surface area contributed by atoms with E-state index in [-0.39, 0.29) is 0 Å². The summed E-state index contributed by atoms with van der Waals surface area (Å²) in [4.78, 5) is 8.60. The zero-order valence-electron chi connectivity index (χ0n) is 10.9. The Labute approximate surface area is 129 Å². The summed E-state index contributed by atoms with van der Waals surface area (Å²) in [5.74, 6) is 3.64. The van der Waals surface area contributed by atoms with Crippen LogP contribution >= 0.6 is 15.9 Å². The molecule has 0 unspecified atom stereocenters. The molecule has 104 valence electrons. The second kappa shape index (κ2) is 5.81. The summed E-state index contributed by atoms with van der Waals surface area (Å²) in [6.07, 6.45) is 8.67. The molecule has 0 radical (unpaired) electrons. The van der Waals surface area contributed by atoms with Crippen molar-refractivity contribution in [3.63, 3.8) is 0 Å². The maximum absolute atomic E-state index is 5.23. The molecule has 0 aliphatic heterocycles. The second-order valence-corrected chi connectivity index (χ2v) is 5.10. The highest BCUT2D eigenvalue weighted by atomic mass is 79.9. The van der Waals surface area contributed by atoms with Gasteiger partial charge in [-0.2, -0.15) is 10.1 Å². The van der Waals surface area contributed by atoms with Crippen LogP contribution in [0, 0.1) is 12.3 Å². The molecule has 2 heterocycles. The van der Waals surface area contributed by atoms with Crippen molar-refractivity contribution in [2.75, 3.05) is 17.2 Å². The molecule has 0 saturated carbocycles. The lowest BCUT2D eigenvalue weighted by molar-refractivity contribution is 1.12. The number of benzene rings is 1. The molecule has 0 bridgehead atoms. The van der Waals surface area contributed by atoms with E-state index in [9.17, 15) is 0 Å². The summed E-state index contributed by atoms with van der Waals surface area (Å²) in [5.41, 5.74) is 1.86. The van der Waals surface area contributed by atoms with E-state index in [0.717, 1.165) is 21.1 Å². The normalized spacial score (nSPS) is 10.3. The van der Waals surface area contributed by atoms with Crippen LogP contribution in [0.25, 0.3) is 10.9 Å². The van der Waals surface area contributed by atoms with Gasteiger partial charge in [-0.3, -0.25) is 5.10 Å². The minimum atomic E-state index is 0.399. The van der Waals surface area contributed by atoms with Crippen LogP contribution < -0.4 is 10.6 Å². The first kappa shape index (κ1) is 13.4. The number of terminal acetylenes is 1. The molecule has 0 fully saturated rings. The Morgan fingerprint density at radius 1 is 1.33 bits per heavy atom. The van der Waals surface area contributed by atoms with Gasteiger partial charge in [0.15, 0.2) is 0 Å². The fourth-order valence-corrected chi connectivity index (χ4v) is 2.17. The quantitative estimate of drug-likeness (QED) is 0.635. The molecule has 7 heteroatoms. The molecule has 0 spiro atoms. The van der Waals surface area contributed by atoms with E-state index in [1.807, 2.05) is 18.2 Å². The van der Waals surface area contributed by atoms with Crippen LogP contribution in [-0.4, -0.2) is 26.7 Å². The molecule has 0 atom stereocenters. The number of hydrogen-bond donors (Lipinski definition) is 3. The van der Waals surface area contributed by atoms with Crippen LogP contribution in [-0.2, 0) is 0 Å². The first-order valence-corrected chi connectivity index (χ1v) is 6.95. The molecule has 0 aliphatic carbocycles. The molecule has 6 nitrogen and oxygen atoms in total. The van der Waals surface area contributed by atoms with Crippen molar-refractivity contribution >= 4 is 44.3 Å². The van der Waals surface area contributed by atoms with Crippen molar-refractivity contribution in [1.82, 2.24) is 20.2 Å². The maximum Gasteiger partial charge on any atom is 0.229 e. The average molecular weight is 343 g/mol. The fourth-order valence-electron chi connectivity index (χ4n) is 1.84. The van der Waals surface area contributed by atoms with Crippen molar-refractivity contribution in [2.45, 2.75) is 0 Å². The van der Waals surface area contributed by atoms with E-state index in [1.165, 1.54) is 0 Å². The van der Waals surface area contributed by atoms with Crippen molar-refractivity contribution in [3.05, 3.63) is 35.1 Å². The van der Waals surface area contributed by atoms with E-state index in [4.69, 9.17) is 6.42 Å². The molecule has 1 aromatic carbocycles. The summed E-state index contributed by atoms with van der Waals surface area (Å²) in [6, 6.07) is 5.85. The SMILES string of the molecule is C#CCNc1nc(Nc2ccc3[nH]ncc3c2)ncc1Br. The van der Waals surface area contributed by atoms with Crippen LogP contribution in [0.5, 0.6) is 0 Å². The Bertz CT molecular complexity index is 820. The van der Waals surface area contributed by atoms with Crippen molar-refractivity contribution < 1.29 is 0 Å². The topological polar surface area (TPSA) is 78.5 Å². The summed E-state index contributed by atoms with van der Waals surface area (Å²) >= 11 is 3.38. The summed E-state index contributed by atoms with van der Waals surface area (Å²) in [7, 11) is 0. The summed E-state index contributed by atoms with van der Waals surface area (Å²) in [5, 5.41) is 14.1. The van der Waals surface area contributed by atoms with E-state index in [1.54, 1.807) is 12.4 Å². The molecule has 0 saturated heterocycles. The molecule has 2 aromatic heterocycles. The number of nitrogens with one attached hydrogen (secondary N) is 3. The number of aromatic nitrogens is 4. The van der Waals surface area contributed by atoms with E-state index in [2.05, 4.69) is 52.6 Å². The molecule has 0 aliphatic rings. The third-order valence-electron chi connectivity index (χ3n) is 2.80. The predicted molar refractivity (Wildman–Crippen MR) is 86.4 cm³/mol. The van der Waals surface area contributed by atoms with Crippen LogP contribution in [0.15, 0.2) is 35.1 Å². The Hall–Kier alpha value is -2.59. The lowest BCUT2D eigenvalue weighted by Crippen LogP contribution is -2.05. The Morgan fingerprint density at radius 3 is 3.10 bits per heavy atom. The minimum absolute atomic E-state index is 0.399. The number of fused-ring (bicyclic) bond motifs is 1. The van der Waals surface area contributed by atoms with Crippen LogP contribution in [0.2, 0.25) is 0 Å². The highest BCUT2D eigenvalue weighted by Crippen LogP contribution is 2.23. The second-order valence-electron chi connectivity index (χ2n) is 4.24. The highest BCUT2D eigenvalue weighted by Gasteiger charge is 2.05. The first-order chi connectivity index (χ1) is 10.3. The van der Waals surface area contributed by atoms with E-state index < -0.39 is 0 Å². The maximum atomic E-state index is 5.23. The van der Waals surface area contributed by atoms with Gasteiger partial charge in [-0.25, -0.2) is 4.98 Å². The van der Waals surface area contributed by atoms with Crippen molar-refractivity contribution in [1.29, 1.82) is 0 Å². The van der Waals surface area contributed by atoms with Gasteiger partial charge in [-0.15, -0.1) is 6.42 Å². The van der Waals surface area contributed by atoms with Crippen LogP contribution in [0.3, 0.4) is 0 Å². The fraction of sp³-hybridized carbons (Fsp3) is 0.0714. The molecule has 3 aromatic rings. The molecular weight excluding hydrogens is 332 g/mol. The van der Waals surface area contributed by atoms with E-state index >= 15 is 0 Å². The molecule has 0 amide bonds. The number of aromatic amines is 1. The summed E-state index contributed by atoms with van der Waals surface area (Å²) < 4.78 is 0.758. The third-order valence-corrected chi connectivity index (χ3v) is 3.38. The Balaban J connectivity index is 1.85. The number of halogens is 1. The molecular formula is C14H11BrN6. The monoisotopic (exact) mass is 342 g/mol. The molecule has 21 heavy (non-hydrogen) atoms. The number of rotatable bonds is 4. The largest absolute Gasteiger partial charge is 0.358 e. The predicted octanol–water partition coefficient (Wildman–Crippen LogP) is 2.90. The van der Waals surface area contributed by atoms with Gasteiger partial charge in [0.25, 0.3) is 0 Å². The van der Waals surface area contributed by atoms with Gasteiger partial charge in [-0.05, 0) is 34.1 Å². The number of hydrogen-bond acceptors (Lipinski definition) is 5. The standard InChI is InChI=1S/C14H11BrN6/c1-2-5-16-13-11(15)8-17-14(20-13)19-10-3-4-12-9(6-10)7-18-21-12/h1,3-4,6-8H,5H2,(H,18,21)(H2,16,17,19,20). The zero-order valence-corrected chi connectivity index (χ0v) is 12.5. The lowest BCUT2D eigenvalue weighted by Gasteiger charge is -2.08. The van der Waals surface area contributed by atoms with Crippen molar-refractivity contribution in [2.24, 2.45) is 0 Å². The van der Waals surface area contributed by atoms with Crippen LogP contribution in [0.1, 0.15) is 0 Å². The first-order valence-electron chi connectivity index (χ1n) is 6.16. The number of H-pyrrole nitrogens is 1. The lowest BCUT2D eigenvalue weighted by atomic mass is 10.2. The van der Waals surface area contributed by atoms with Gasteiger partial charge in [0.1, 0.15) is 5.82 Å². The van der Waals surface area contributed by atoms with Crippen molar-refractivity contribution in [3.8, 4) is 12.3 Å². The Kier molecular flexibility index (Phi) is 3.71. The van der Waals surface area contributed by atoms with Gasteiger partial charge >= 0.3 is 0 Å². The Morgan fingerprint density at radius 2 is 2.24 bits per heavy atom. The van der Waals surface area contributed by atoms with Gasteiger partial charge < -0.3 is 10.6 Å². The van der Waals surface area contributed by atoms with Gasteiger partial charge in [0, 0.05) is 17.3 Å². The average Bonchev–Trinajstić information content (AvgIpc) is 2.95. The molecule has 3 rings (SSSR count). The van der Waals surface area contributed by atoms with E-state index in [0.29, 0.717) is 18.3 Å². The summed E-state index contributed by atoms with van der Waals surface area (Å²) in [6.45, 7) is 0.399. The van der Waals surface area contributed by atoms with Gasteiger partial charge in [0.05, 0.1) is 22.7 Å². The third kappa shape index (κ3) is 2.95.